The molecule has 3 N–H and O–H groups in total. The van der Waals surface area contributed by atoms with Gasteiger partial charge in [-0.2, -0.15) is 0 Å². The normalized spacial score (nSPS) is 18.3. The highest BCUT2D eigenvalue weighted by Gasteiger charge is 2.33. The number of hydrogen-bond donors (Lipinski definition) is 3. The molecule has 1 aromatic heterocycles. The van der Waals surface area contributed by atoms with Gasteiger partial charge in [0.05, 0.1) is 23.6 Å². The summed E-state index contributed by atoms with van der Waals surface area (Å²) in [6.07, 6.45) is -2.21. The van der Waals surface area contributed by atoms with Crippen molar-refractivity contribution in [1.29, 1.82) is 0 Å². The fourth-order valence-electron chi connectivity index (χ4n) is 2.94. The minimum Gasteiger partial charge on any atom is -0.465 e. The van der Waals surface area contributed by atoms with Gasteiger partial charge in [0.1, 0.15) is 0 Å². The number of carboxylic acid groups (broad SMARTS) is 2. The summed E-state index contributed by atoms with van der Waals surface area (Å²) in [5.74, 6) is 0. The number of imidazole rings is 1. The molecular weight excluding hydrogens is 304 g/mol. The predicted molar refractivity (Wildman–Crippen MR) is 80.7 cm³/mol. The largest absolute Gasteiger partial charge is 0.465 e. The van der Waals surface area contributed by atoms with Crippen molar-refractivity contribution in [2.24, 2.45) is 0 Å². The summed E-state index contributed by atoms with van der Waals surface area (Å²) in [4.78, 5) is 39.7. The van der Waals surface area contributed by atoms with Crippen LogP contribution in [0.5, 0.6) is 0 Å². The Kier molecular flexibility index (Phi) is 3.68. The maximum atomic E-state index is 12.1. The van der Waals surface area contributed by atoms with Gasteiger partial charge in [0.25, 0.3) is 0 Å². The SMILES string of the molecule is O=C(O)N1CCN(C(=O)O)C(Cn2c(=O)[nH]c3ccccc32)C1. The van der Waals surface area contributed by atoms with Gasteiger partial charge in [-0.1, -0.05) is 12.1 Å². The van der Waals surface area contributed by atoms with E-state index in [1.54, 1.807) is 24.3 Å². The van der Waals surface area contributed by atoms with E-state index < -0.39 is 18.2 Å². The van der Waals surface area contributed by atoms with E-state index in [2.05, 4.69) is 4.98 Å². The zero-order valence-electron chi connectivity index (χ0n) is 12.2. The van der Waals surface area contributed by atoms with Crippen LogP contribution in [-0.2, 0) is 6.54 Å². The second-order valence-corrected chi connectivity index (χ2v) is 5.42. The Balaban J connectivity index is 1.93. The molecule has 1 unspecified atom stereocenters. The fraction of sp³-hybridized carbons (Fsp3) is 0.357. The van der Waals surface area contributed by atoms with Gasteiger partial charge in [0.2, 0.25) is 0 Å². The van der Waals surface area contributed by atoms with Crippen molar-refractivity contribution >= 4 is 23.2 Å². The van der Waals surface area contributed by atoms with Crippen molar-refractivity contribution in [3.05, 3.63) is 34.7 Å². The van der Waals surface area contributed by atoms with Gasteiger partial charge in [-0.15, -0.1) is 0 Å². The lowest BCUT2D eigenvalue weighted by Gasteiger charge is -2.38. The number of nitrogens with one attached hydrogen (secondary N) is 1. The number of H-pyrrole nitrogens is 1. The van der Waals surface area contributed by atoms with Crippen LogP contribution in [-0.4, -0.2) is 67.4 Å². The standard InChI is InChI=1S/C14H16N4O5/c19-12-15-10-3-1-2-4-11(10)18(12)8-9-7-16(13(20)21)5-6-17(9)14(22)23/h1-4,9H,5-8H2,(H,15,19)(H,20,21)(H,22,23). The Morgan fingerprint density at radius 1 is 1.17 bits per heavy atom. The van der Waals surface area contributed by atoms with Gasteiger partial charge in [0.15, 0.2) is 0 Å². The van der Waals surface area contributed by atoms with Crippen LogP contribution in [0.25, 0.3) is 11.0 Å². The molecule has 1 aromatic carbocycles. The van der Waals surface area contributed by atoms with E-state index in [0.29, 0.717) is 11.0 Å². The Morgan fingerprint density at radius 2 is 1.91 bits per heavy atom. The lowest BCUT2D eigenvalue weighted by atomic mass is 10.1. The monoisotopic (exact) mass is 320 g/mol. The zero-order valence-corrected chi connectivity index (χ0v) is 12.2. The van der Waals surface area contributed by atoms with Crippen LogP contribution >= 0.6 is 0 Å². The van der Waals surface area contributed by atoms with Crippen molar-refractivity contribution in [2.75, 3.05) is 19.6 Å². The maximum absolute atomic E-state index is 12.1. The van der Waals surface area contributed by atoms with Gasteiger partial charge in [-0.25, -0.2) is 14.4 Å². The van der Waals surface area contributed by atoms with Gasteiger partial charge in [0, 0.05) is 19.6 Å². The lowest BCUT2D eigenvalue weighted by Crippen LogP contribution is -2.57. The predicted octanol–water partition coefficient (Wildman–Crippen LogP) is 0.672. The molecule has 9 heteroatoms. The Hall–Kier alpha value is -2.97. The third-order valence-corrected chi connectivity index (χ3v) is 4.07. The molecule has 1 saturated heterocycles. The van der Waals surface area contributed by atoms with Crippen LogP contribution in [0.15, 0.2) is 29.1 Å². The number of piperazine rings is 1. The van der Waals surface area contributed by atoms with Crippen molar-refractivity contribution in [3.63, 3.8) is 0 Å². The van der Waals surface area contributed by atoms with Crippen LogP contribution < -0.4 is 5.69 Å². The number of nitrogens with zero attached hydrogens (tertiary/aromatic N) is 3. The summed E-state index contributed by atoms with van der Waals surface area (Å²) < 4.78 is 1.45. The molecule has 1 aliphatic rings. The molecule has 1 atom stereocenters. The Labute approximate surface area is 130 Å². The van der Waals surface area contributed by atoms with E-state index in [4.69, 9.17) is 5.11 Å². The van der Waals surface area contributed by atoms with Crippen molar-refractivity contribution in [2.45, 2.75) is 12.6 Å². The second-order valence-electron chi connectivity index (χ2n) is 5.42. The molecule has 2 aromatic rings. The molecule has 9 nitrogen and oxygen atoms in total. The molecule has 2 amide bonds. The van der Waals surface area contributed by atoms with Crippen molar-refractivity contribution in [3.8, 4) is 0 Å². The Morgan fingerprint density at radius 3 is 2.61 bits per heavy atom. The minimum atomic E-state index is -1.12. The van der Waals surface area contributed by atoms with Gasteiger partial charge in [-0.3, -0.25) is 4.57 Å². The summed E-state index contributed by atoms with van der Waals surface area (Å²) >= 11 is 0. The molecule has 1 fully saturated rings. The van der Waals surface area contributed by atoms with Gasteiger partial charge >= 0.3 is 17.9 Å². The number of para-hydroxylation sites is 2. The van der Waals surface area contributed by atoms with Gasteiger partial charge in [-0.05, 0) is 12.1 Å². The van der Waals surface area contributed by atoms with E-state index in [0.717, 1.165) is 0 Å². The zero-order chi connectivity index (χ0) is 16.6. The van der Waals surface area contributed by atoms with Crippen molar-refractivity contribution < 1.29 is 19.8 Å². The first kappa shape index (κ1) is 14.9. The van der Waals surface area contributed by atoms with Crippen LogP contribution in [0, 0.1) is 0 Å². The molecule has 23 heavy (non-hydrogen) atoms. The number of hydrogen-bond acceptors (Lipinski definition) is 3. The topological polar surface area (TPSA) is 119 Å². The smallest absolute Gasteiger partial charge is 0.407 e. The highest BCUT2D eigenvalue weighted by Crippen LogP contribution is 2.15. The maximum Gasteiger partial charge on any atom is 0.407 e. The quantitative estimate of drug-likeness (QED) is 0.751. The summed E-state index contributed by atoms with van der Waals surface area (Å²) in [6, 6.07) is 6.47. The molecule has 0 bridgehead atoms. The molecule has 1 aliphatic heterocycles. The first-order chi connectivity index (χ1) is 11.0. The van der Waals surface area contributed by atoms with E-state index >= 15 is 0 Å². The third kappa shape index (κ3) is 2.72. The molecular formula is C14H16N4O5. The van der Waals surface area contributed by atoms with Crippen LogP contribution in [0.3, 0.4) is 0 Å². The molecule has 0 radical (unpaired) electrons. The first-order valence-corrected chi connectivity index (χ1v) is 7.12. The number of benzene rings is 1. The number of rotatable bonds is 2. The lowest BCUT2D eigenvalue weighted by molar-refractivity contribution is 0.0583. The van der Waals surface area contributed by atoms with Crippen LogP contribution in [0.2, 0.25) is 0 Å². The number of fused-ring (bicyclic) bond motifs is 1. The highest BCUT2D eigenvalue weighted by molar-refractivity contribution is 5.75. The van der Waals surface area contributed by atoms with Crippen LogP contribution in [0.1, 0.15) is 0 Å². The van der Waals surface area contributed by atoms with E-state index in [-0.39, 0.29) is 31.9 Å². The number of aromatic nitrogens is 2. The first-order valence-electron chi connectivity index (χ1n) is 7.12. The molecule has 0 saturated carbocycles. The second kappa shape index (κ2) is 5.67. The van der Waals surface area contributed by atoms with Crippen molar-refractivity contribution in [1.82, 2.24) is 19.4 Å². The van der Waals surface area contributed by atoms with Crippen LogP contribution in [0.4, 0.5) is 9.59 Å². The average Bonchev–Trinajstić information content (AvgIpc) is 2.83. The van der Waals surface area contributed by atoms with E-state index in [1.165, 1.54) is 14.4 Å². The van der Waals surface area contributed by atoms with E-state index in [1.807, 2.05) is 0 Å². The molecule has 2 heterocycles. The summed E-state index contributed by atoms with van der Waals surface area (Å²) in [6.45, 7) is 0.344. The Bertz CT molecular complexity index is 811. The molecule has 0 spiro atoms. The average molecular weight is 320 g/mol. The van der Waals surface area contributed by atoms with Gasteiger partial charge < -0.3 is 25.0 Å². The summed E-state index contributed by atoms with van der Waals surface area (Å²) in [5.41, 5.74) is 0.976. The molecule has 122 valence electrons. The highest BCUT2D eigenvalue weighted by atomic mass is 16.4. The summed E-state index contributed by atoms with van der Waals surface area (Å²) in [5, 5.41) is 18.4. The number of carbonyl (C=O) groups is 2. The third-order valence-electron chi connectivity index (χ3n) is 4.07. The number of aromatic amines is 1. The molecule has 0 aliphatic carbocycles. The summed E-state index contributed by atoms with van der Waals surface area (Å²) in [7, 11) is 0. The fourth-order valence-corrected chi connectivity index (χ4v) is 2.94. The minimum absolute atomic E-state index is 0.0353. The number of amides is 2. The van der Waals surface area contributed by atoms with E-state index in [9.17, 15) is 19.5 Å². The molecule has 3 rings (SSSR count).